The van der Waals surface area contributed by atoms with Gasteiger partial charge in [-0.2, -0.15) is 0 Å². The number of nitrogens with one attached hydrogen (secondary N) is 2. The molecule has 180 valence electrons. The summed E-state index contributed by atoms with van der Waals surface area (Å²) in [4.78, 5) is 34.5. The number of hydrogen-bond acceptors (Lipinski definition) is 6. The number of fused-ring (bicyclic) bond motifs is 2. The van der Waals surface area contributed by atoms with E-state index in [1.165, 1.54) is 11.3 Å². The van der Waals surface area contributed by atoms with E-state index in [2.05, 4.69) is 15.3 Å². The second-order valence-electron chi connectivity index (χ2n) is 8.73. The first-order valence-electron chi connectivity index (χ1n) is 11.7. The molecule has 3 heterocycles. The number of benzene rings is 2. The molecule has 2 aromatic carbocycles. The Hall–Kier alpha value is -3.65. The van der Waals surface area contributed by atoms with Crippen LogP contribution in [0.4, 0.5) is 0 Å². The van der Waals surface area contributed by atoms with Gasteiger partial charge in [-0.3, -0.25) is 9.59 Å². The van der Waals surface area contributed by atoms with Crippen molar-refractivity contribution in [3.63, 3.8) is 0 Å². The lowest BCUT2D eigenvalue weighted by molar-refractivity contribution is 0.0954. The number of aromatic amines is 1. The van der Waals surface area contributed by atoms with Crippen LogP contribution in [0.15, 0.2) is 47.3 Å². The van der Waals surface area contributed by atoms with Crippen molar-refractivity contribution in [2.45, 2.75) is 46.3 Å². The van der Waals surface area contributed by atoms with E-state index in [1.807, 2.05) is 56.3 Å². The normalized spacial score (nSPS) is 14.5. The van der Waals surface area contributed by atoms with Crippen molar-refractivity contribution in [3.05, 3.63) is 85.8 Å². The lowest BCUT2D eigenvalue weighted by Gasteiger charge is -2.13. The fourth-order valence-corrected chi connectivity index (χ4v) is 5.56. The van der Waals surface area contributed by atoms with Gasteiger partial charge in [0.05, 0.1) is 16.9 Å². The van der Waals surface area contributed by atoms with Crippen LogP contribution < -0.4 is 20.3 Å². The molecular formula is C27H27N3O4S. The van der Waals surface area contributed by atoms with Crippen LogP contribution in [0.5, 0.6) is 11.5 Å². The van der Waals surface area contributed by atoms with Crippen LogP contribution in [-0.2, 0) is 19.4 Å². The summed E-state index contributed by atoms with van der Waals surface area (Å²) >= 11 is 1.24. The minimum atomic E-state index is -0.244. The molecule has 5 rings (SSSR count). The average molecular weight is 490 g/mol. The third-order valence-electron chi connectivity index (χ3n) is 6.09. The van der Waals surface area contributed by atoms with E-state index < -0.39 is 0 Å². The number of ether oxygens (including phenoxy) is 2. The van der Waals surface area contributed by atoms with E-state index in [4.69, 9.17) is 9.47 Å². The van der Waals surface area contributed by atoms with Crippen LogP contribution in [0.3, 0.4) is 0 Å². The molecule has 8 heteroatoms. The van der Waals surface area contributed by atoms with Crippen molar-refractivity contribution in [2.24, 2.45) is 0 Å². The molecule has 0 aliphatic carbocycles. The van der Waals surface area contributed by atoms with Gasteiger partial charge in [-0.15, -0.1) is 11.3 Å². The molecule has 0 saturated carbocycles. The van der Waals surface area contributed by atoms with Crippen molar-refractivity contribution in [3.8, 4) is 11.5 Å². The van der Waals surface area contributed by atoms with Crippen molar-refractivity contribution in [1.82, 2.24) is 15.3 Å². The zero-order valence-electron chi connectivity index (χ0n) is 19.9. The molecule has 0 fully saturated rings. The van der Waals surface area contributed by atoms with Gasteiger partial charge in [0.15, 0.2) is 0 Å². The van der Waals surface area contributed by atoms with E-state index in [9.17, 15) is 9.59 Å². The maximum absolute atomic E-state index is 13.1. The maximum Gasteiger partial charge on any atom is 0.261 e. The third-order valence-corrected chi connectivity index (χ3v) is 7.27. The van der Waals surface area contributed by atoms with Crippen molar-refractivity contribution in [2.75, 3.05) is 6.61 Å². The zero-order valence-corrected chi connectivity index (χ0v) is 20.8. The first-order valence-corrected chi connectivity index (χ1v) is 12.5. The van der Waals surface area contributed by atoms with Gasteiger partial charge in [-0.25, -0.2) is 4.98 Å². The third kappa shape index (κ3) is 4.66. The van der Waals surface area contributed by atoms with Gasteiger partial charge in [0.2, 0.25) is 0 Å². The lowest BCUT2D eigenvalue weighted by atomic mass is 10.1. The largest absolute Gasteiger partial charge is 0.494 e. The Kier molecular flexibility index (Phi) is 6.30. The Labute approximate surface area is 207 Å². The van der Waals surface area contributed by atoms with E-state index in [0.717, 1.165) is 34.6 Å². The SMILES string of the molecule is CCOc1cc2c(cc1CNC(=O)c1sc3nc(Cc4ccccc4)[nH]c(=O)c3c1C)OC(C)C2. The quantitative estimate of drug-likeness (QED) is 0.398. The highest BCUT2D eigenvalue weighted by Gasteiger charge is 2.23. The first kappa shape index (κ1) is 23.1. The van der Waals surface area contributed by atoms with Gasteiger partial charge in [0, 0.05) is 30.5 Å². The summed E-state index contributed by atoms with van der Waals surface area (Å²) in [5, 5.41) is 3.45. The minimum absolute atomic E-state index is 0.128. The molecule has 0 radical (unpaired) electrons. The molecule has 0 bridgehead atoms. The summed E-state index contributed by atoms with van der Waals surface area (Å²) in [7, 11) is 0. The minimum Gasteiger partial charge on any atom is -0.494 e. The highest BCUT2D eigenvalue weighted by atomic mass is 32.1. The van der Waals surface area contributed by atoms with Gasteiger partial charge >= 0.3 is 0 Å². The Morgan fingerprint density at radius 1 is 1.29 bits per heavy atom. The maximum atomic E-state index is 13.1. The summed E-state index contributed by atoms with van der Waals surface area (Å²) in [5.74, 6) is 1.92. The van der Waals surface area contributed by atoms with E-state index in [-0.39, 0.29) is 24.1 Å². The van der Waals surface area contributed by atoms with Gasteiger partial charge in [0.25, 0.3) is 11.5 Å². The molecule has 0 saturated heterocycles. The molecule has 0 spiro atoms. The molecule has 2 N–H and O–H groups in total. The number of amides is 1. The molecule has 7 nitrogen and oxygen atoms in total. The Balaban J connectivity index is 1.39. The molecule has 1 aliphatic heterocycles. The number of H-pyrrole nitrogens is 1. The van der Waals surface area contributed by atoms with Crippen LogP contribution in [-0.4, -0.2) is 28.6 Å². The number of nitrogens with zero attached hydrogens (tertiary/aromatic N) is 1. The molecule has 1 amide bonds. The highest BCUT2D eigenvalue weighted by molar-refractivity contribution is 7.20. The van der Waals surface area contributed by atoms with E-state index in [0.29, 0.717) is 39.5 Å². The number of aryl methyl sites for hydroxylation is 1. The van der Waals surface area contributed by atoms with Crippen LogP contribution in [0.25, 0.3) is 10.2 Å². The molecule has 2 aromatic heterocycles. The van der Waals surface area contributed by atoms with Crippen LogP contribution in [0, 0.1) is 6.92 Å². The second kappa shape index (κ2) is 9.54. The fourth-order valence-electron chi connectivity index (χ4n) is 4.44. The summed E-state index contributed by atoms with van der Waals surface area (Å²) < 4.78 is 11.7. The van der Waals surface area contributed by atoms with Gasteiger partial charge in [-0.05, 0) is 44.0 Å². The molecule has 1 aliphatic rings. The topological polar surface area (TPSA) is 93.3 Å². The Morgan fingerprint density at radius 3 is 2.86 bits per heavy atom. The van der Waals surface area contributed by atoms with Crippen molar-refractivity contribution >= 4 is 27.5 Å². The van der Waals surface area contributed by atoms with Gasteiger partial charge < -0.3 is 19.8 Å². The van der Waals surface area contributed by atoms with Crippen LogP contribution in [0.1, 0.15) is 51.6 Å². The van der Waals surface area contributed by atoms with Gasteiger partial charge in [-0.1, -0.05) is 30.3 Å². The number of carbonyl (C=O) groups is 1. The smallest absolute Gasteiger partial charge is 0.261 e. The van der Waals surface area contributed by atoms with E-state index >= 15 is 0 Å². The summed E-state index contributed by atoms with van der Waals surface area (Å²) in [6, 6.07) is 13.8. The monoisotopic (exact) mass is 489 g/mol. The van der Waals surface area contributed by atoms with Crippen LogP contribution in [0.2, 0.25) is 0 Å². The lowest BCUT2D eigenvalue weighted by Crippen LogP contribution is -2.23. The number of aromatic nitrogens is 2. The molecule has 4 aromatic rings. The predicted molar refractivity (Wildman–Crippen MR) is 137 cm³/mol. The van der Waals surface area contributed by atoms with Crippen molar-refractivity contribution < 1.29 is 14.3 Å². The average Bonchev–Trinajstić information content (AvgIpc) is 3.36. The number of thiophene rings is 1. The molecule has 35 heavy (non-hydrogen) atoms. The fraction of sp³-hybridized carbons (Fsp3) is 0.296. The van der Waals surface area contributed by atoms with E-state index in [1.54, 1.807) is 6.92 Å². The molecule has 1 unspecified atom stereocenters. The number of rotatable bonds is 7. The number of hydrogen-bond donors (Lipinski definition) is 2. The van der Waals surface area contributed by atoms with Crippen LogP contribution >= 0.6 is 11.3 Å². The van der Waals surface area contributed by atoms with Crippen molar-refractivity contribution in [1.29, 1.82) is 0 Å². The molecular weight excluding hydrogens is 462 g/mol. The summed E-state index contributed by atoms with van der Waals surface area (Å²) in [6.45, 7) is 6.58. The second-order valence-corrected chi connectivity index (χ2v) is 9.73. The summed E-state index contributed by atoms with van der Waals surface area (Å²) in [5.41, 5.74) is 3.44. The summed E-state index contributed by atoms with van der Waals surface area (Å²) in [6.07, 6.45) is 1.49. The van der Waals surface area contributed by atoms with Gasteiger partial charge in [0.1, 0.15) is 28.3 Å². The standard InChI is InChI=1S/C27H27N3O4S/c1-4-33-20-12-18-10-15(2)34-21(18)13-19(20)14-28-26(32)24-16(3)23-25(31)29-22(30-27(23)35-24)11-17-8-6-5-7-9-17/h5-9,12-13,15H,4,10-11,14H2,1-3H3,(H,28,32)(H,29,30,31). The first-order chi connectivity index (χ1) is 16.9. The number of carbonyl (C=O) groups excluding carboxylic acids is 1. The Bertz CT molecular complexity index is 1460. The predicted octanol–water partition coefficient (Wildman–Crippen LogP) is 4.54. The molecule has 1 atom stereocenters. The zero-order chi connectivity index (χ0) is 24.5. The Morgan fingerprint density at radius 2 is 2.09 bits per heavy atom. The highest BCUT2D eigenvalue weighted by Crippen LogP contribution is 2.35.